The molecule has 0 saturated heterocycles. The van der Waals surface area contributed by atoms with Crippen molar-refractivity contribution in [2.45, 2.75) is 12.3 Å². The van der Waals surface area contributed by atoms with Crippen LogP contribution < -0.4 is 0 Å². The first-order valence-corrected chi connectivity index (χ1v) is 4.15. The fourth-order valence-electron chi connectivity index (χ4n) is 0.967. The number of methoxy groups -OCH3 is 1. The molecule has 0 saturated carbocycles. The van der Waals surface area contributed by atoms with Gasteiger partial charge in [0.1, 0.15) is 0 Å². The summed E-state index contributed by atoms with van der Waals surface area (Å²) in [6.45, 7) is 0. The molecular weight excluding hydrogens is 227 g/mol. The van der Waals surface area contributed by atoms with E-state index in [-0.39, 0.29) is 5.69 Å². The maximum absolute atomic E-state index is 12.2. The molecule has 1 unspecified atom stereocenters. The van der Waals surface area contributed by atoms with Gasteiger partial charge >= 0.3 is 12.1 Å². The molecule has 0 bridgehead atoms. The molecule has 0 radical (unpaired) electrons. The first-order chi connectivity index (χ1) is 7.36. The van der Waals surface area contributed by atoms with Gasteiger partial charge < -0.3 is 9.84 Å². The third-order valence-corrected chi connectivity index (χ3v) is 1.82. The normalized spacial score (nSPS) is 13.3. The molecule has 1 atom stereocenters. The number of carbonyl (C=O) groups is 1. The van der Waals surface area contributed by atoms with E-state index in [9.17, 15) is 23.1 Å². The molecule has 1 aromatic rings. The predicted molar refractivity (Wildman–Crippen MR) is 46.2 cm³/mol. The first kappa shape index (κ1) is 12.4. The van der Waals surface area contributed by atoms with Gasteiger partial charge in [-0.25, -0.2) is 4.79 Å². The largest absolute Gasteiger partial charge is 0.467 e. The van der Waals surface area contributed by atoms with E-state index in [1.165, 1.54) is 0 Å². The molecule has 0 amide bonds. The van der Waals surface area contributed by atoms with E-state index in [2.05, 4.69) is 9.72 Å². The number of aliphatic hydroxyl groups is 1. The molecule has 1 aromatic heterocycles. The van der Waals surface area contributed by atoms with Crippen molar-refractivity contribution in [3.63, 3.8) is 0 Å². The van der Waals surface area contributed by atoms with Crippen LogP contribution in [0.4, 0.5) is 13.2 Å². The lowest BCUT2D eigenvalue weighted by Gasteiger charge is -2.09. The van der Waals surface area contributed by atoms with Crippen molar-refractivity contribution in [1.82, 2.24) is 4.98 Å². The van der Waals surface area contributed by atoms with E-state index in [0.29, 0.717) is 6.20 Å². The number of aromatic nitrogens is 1. The zero-order valence-electron chi connectivity index (χ0n) is 8.15. The van der Waals surface area contributed by atoms with E-state index in [4.69, 9.17) is 0 Å². The summed E-state index contributed by atoms with van der Waals surface area (Å²) in [4.78, 5) is 14.2. The minimum atomic E-state index is -4.50. The van der Waals surface area contributed by atoms with Crippen molar-refractivity contribution in [3.05, 3.63) is 29.6 Å². The predicted octanol–water partition coefficient (Wildman–Crippen LogP) is 1.31. The highest BCUT2D eigenvalue weighted by Crippen LogP contribution is 2.28. The molecule has 7 heteroatoms. The Morgan fingerprint density at radius 3 is 2.50 bits per heavy atom. The molecule has 1 rings (SSSR count). The minimum Gasteiger partial charge on any atom is -0.467 e. The van der Waals surface area contributed by atoms with Crippen molar-refractivity contribution in [2.75, 3.05) is 7.11 Å². The van der Waals surface area contributed by atoms with Gasteiger partial charge in [-0.3, -0.25) is 4.98 Å². The molecule has 0 spiro atoms. The Balaban J connectivity index is 2.91. The summed E-state index contributed by atoms with van der Waals surface area (Å²) in [6, 6.07) is 1.65. The Hall–Kier alpha value is -1.63. The van der Waals surface area contributed by atoms with Gasteiger partial charge in [-0.2, -0.15) is 13.2 Å². The molecule has 0 aromatic carbocycles. The van der Waals surface area contributed by atoms with Crippen LogP contribution >= 0.6 is 0 Å². The number of carbonyl (C=O) groups excluding carboxylic acids is 1. The number of rotatable bonds is 2. The average molecular weight is 235 g/mol. The molecule has 0 fully saturated rings. The quantitative estimate of drug-likeness (QED) is 0.785. The lowest BCUT2D eigenvalue weighted by Crippen LogP contribution is -2.15. The number of esters is 1. The standard InChI is InChI=1S/C9H8F3NO3/c1-16-8(15)7(14)6-3-2-5(4-13-6)9(10,11)12/h2-4,7,14H,1H3. The van der Waals surface area contributed by atoms with Crippen molar-refractivity contribution in [2.24, 2.45) is 0 Å². The van der Waals surface area contributed by atoms with Crippen LogP contribution in [0.15, 0.2) is 18.3 Å². The molecule has 0 aliphatic rings. The van der Waals surface area contributed by atoms with Gasteiger partial charge in [0.15, 0.2) is 6.10 Å². The lowest BCUT2D eigenvalue weighted by atomic mass is 10.2. The first-order valence-electron chi connectivity index (χ1n) is 4.15. The van der Waals surface area contributed by atoms with Crippen molar-refractivity contribution < 1.29 is 27.8 Å². The molecule has 4 nitrogen and oxygen atoms in total. The third kappa shape index (κ3) is 2.69. The van der Waals surface area contributed by atoms with E-state index in [0.717, 1.165) is 19.2 Å². The van der Waals surface area contributed by atoms with Gasteiger partial charge in [0.05, 0.1) is 18.4 Å². The van der Waals surface area contributed by atoms with Crippen LogP contribution in [0.1, 0.15) is 17.4 Å². The Labute approximate surface area is 88.7 Å². The van der Waals surface area contributed by atoms with Crippen molar-refractivity contribution in [1.29, 1.82) is 0 Å². The van der Waals surface area contributed by atoms with Crippen LogP contribution in [0.25, 0.3) is 0 Å². The Morgan fingerprint density at radius 1 is 1.50 bits per heavy atom. The van der Waals surface area contributed by atoms with E-state index in [1.807, 2.05) is 0 Å². The van der Waals surface area contributed by atoms with Crippen LogP contribution in [-0.4, -0.2) is 23.2 Å². The average Bonchev–Trinajstić information content (AvgIpc) is 2.26. The van der Waals surface area contributed by atoms with E-state index < -0.39 is 23.8 Å². The summed E-state index contributed by atoms with van der Waals surface area (Å²) >= 11 is 0. The van der Waals surface area contributed by atoms with Gasteiger partial charge in [0, 0.05) is 6.20 Å². The number of nitrogens with zero attached hydrogens (tertiary/aromatic N) is 1. The Morgan fingerprint density at radius 2 is 2.12 bits per heavy atom. The number of aliphatic hydroxyl groups excluding tert-OH is 1. The highest BCUT2D eigenvalue weighted by molar-refractivity contribution is 5.75. The van der Waals surface area contributed by atoms with Gasteiger partial charge in [0.2, 0.25) is 0 Å². The lowest BCUT2D eigenvalue weighted by molar-refractivity contribution is -0.150. The van der Waals surface area contributed by atoms with E-state index >= 15 is 0 Å². The number of hydrogen-bond acceptors (Lipinski definition) is 4. The van der Waals surface area contributed by atoms with Crippen LogP contribution in [0, 0.1) is 0 Å². The smallest absolute Gasteiger partial charge is 0.417 e. The molecule has 16 heavy (non-hydrogen) atoms. The minimum absolute atomic E-state index is 0.195. The van der Waals surface area contributed by atoms with Gasteiger partial charge in [-0.15, -0.1) is 0 Å². The maximum Gasteiger partial charge on any atom is 0.417 e. The molecule has 0 aliphatic carbocycles. The topological polar surface area (TPSA) is 59.4 Å². The highest BCUT2D eigenvalue weighted by Gasteiger charge is 2.31. The zero-order valence-corrected chi connectivity index (χ0v) is 8.15. The Bertz CT molecular complexity index is 375. The summed E-state index contributed by atoms with van der Waals surface area (Å²) in [6.07, 6.45) is -5.63. The second-order valence-corrected chi connectivity index (χ2v) is 2.90. The SMILES string of the molecule is COC(=O)C(O)c1ccc(C(F)(F)F)cn1. The number of alkyl halides is 3. The second-order valence-electron chi connectivity index (χ2n) is 2.90. The van der Waals surface area contributed by atoms with Crippen LogP contribution in [-0.2, 0) is 15.7 Å². The second kappa shape index (κ2) is 4.48. The number of pyridine rings is 1. The van der Waals surface area contributed by atoms with Crippen LogP contribution in [0.3, 0.4) is 0 Å². The summed E-state index contributed by atoms with van der Waals surface area (Å²) in [5.41, 5.74) is -1.15. The highest BCUT2D eigenvalue weighted by atomic mass is 19.4. The third-order valence-electron chi connectivity index (χ3n) is 1.82. The summed E-state index contributed by atoms with van der Waals surface area (Å²) in [5, 5.41) is 9.26. The number of halogens is 3. The van der Waals surface area contributed by atoms with Gasteiger partial charge in [0.25, 0.3) is 0 Å². The van der Waals surface area contributed by atoms with Gasteiger partial charge in [-0.1, -0.05) is 0 Å². The van der Waals surface area contributed by atoms with Crippen LogP contribution in [0.2, 0.25) is 0 Å². The molecule has 1 N–H and O–H groups in total. The van der Waals surface area contributed by atoms with Crippen molar-refractivity contribution >= 4 is 5.97 Å². The van der Waals surface area contributed by atoms with Crippen LogP contribution in [0.5, 0.6) is 0 Å². The summed E-state index contributed by atoms with van der Waals surface area (Å²) in [7, 11) is 1.05. The summed E-state index contributed by atoms with van der Waals surface area (Å²) in [5.74, 6) is -0.979. The fourth-order valence-corrected chi connectivity index (χ4v) is 0.967. The molecular formula is C9H8F3NO3. The Kier molecular flexibility index (Phi) is 3.48. The van der Waals surface area contributed by atoms with E-state index in [1.54, 1.807) is 0 Å². The molecule has 1 heterocycles. The zero-order chi connectivity index (χ0) is 12.3. The van der Waals surface area contributed by atoms with Gasteiger partial charge in [-0.05, 0) is 12.1 Å². The molecule has 88 valence electrons. The monoisotopic (exact) mass is 235 g/mol. The van der Waals surface area contributed by atoms with Crippen molar-refractivity contribution in [3.8, 4) is 0 Å². The summed E-state index contributed by atoms with van der Waals surface area (Å²) < 4.78 is 40.7. The fraction of sp³-hybridized carbons (Fsp3) is 0.333. The number of ether oxygens (including phenoxy) is 1. The number of hydrogen-bond donors (Lipinski definition) is 1. The molecule has 0 aliphatic heterocycles. The maximum atomic E-state index is 12.2.